The van der Waals surface area contributed by atoms with E-state index in [1.54, 1.807) is 12.1 Å². The molecule has 1 N–H and O–H groups in total. The molecule has 1 amide bonds. The van der Waals surface area contributed by atoms with Gasteiger partial charge in [0.25, 0.3) is 5.91 Å². The monoisotopic (exact) mass is 283 g/mol. The molecule has 0 aromatic heterocycles. The van der Waals surface area contributed by atoms with Crippen LogP contribution in [0.1, 0.15) is 29.8 Å². The Morgan fingerprint density at radius 1 is 1.14 bits per heavy atom. The van der Waals surface area contributed by atoms with E-state index >= 15 is 0 Å². The second-order valence-electron chi connectivity index (χ2n) is 5.03. The van der Waals surface area contributed by atoms with Crippen LogP contribution in [0.5, 0.6) is 5.75 Å². The van der Waals surface area contributed by atoms with Crippen LogP contribution in [0.3, 0.4) is 0 Å². The van der Waals surface area contributed by atoms with E-state index in [4.69, 9.17) is 4.74 Å². The SMILES string of the molecule is CCOc1cccc(C(=O)N[C@@H](C)Cc2ccccc2)c1. The zero-order valence-electron chi connectivity index (χ0n) is 12.5. The standard InChI is InChI=1S/C18H21NO2/c1-3-21-17-11-7-10-16(13-17)18(20)19-14(2)12-15-8-5-4-6-9-15/h4-11,13-14H,3,12H2,1-2H3,(H,19,20)/t14-/m0/s1. The molecule has 2 rings (SSSR count). The molecule has 0 unspecified atom stereocenters. The maximum Gasteiger partial charge on any atom is 0.251 e. The molecule has 0 radical (unpaired) electrons. The van der Waals surface area contributed by atoms with Crippen LogP contribution in [0, 0.1) is 0 Å². The van der Waals surface area contributed by atoms with Gasteiger partial charge in [0.05, 0.1) is 6.61 Å². The van der Waals surface area contributed by atoms with E-state index in [2.05, 4.69) is 17.4 Å². The van der Waals surface area contributed by atoms with Crippen LogP contribution in [-0.2, 0) is 6.42 Å². The zero-order chi connectivity index (χ0) is 15.1. The van der Waals surface area contributed by atoms with Crippen molar-refractivity contribution in [2.75, 3.05) is 6.61 Å². The van der Waals surface area contributed by atoms with Gasteiger partial charge in [-0.1, -0.05) is 36.4 Å². The second kappa shape index (κ2) is 7.48. The van der Waals surface area contributed by atoms with Crippen LogP contribution in [0.4, 0.5) is 0 Å². The Kier molecular flexibility index (Phi) is 5.38. The van der Waals surface area contributed by atoms with Gasteiger partial charge in [0.2, 0.25) is 0 Å². The van der Waals surface area contributed by atoms with Crippen LogP contribution < -0.4 is 10.1 Å². The molecule has 0 fully saturated rings. The fraction of sp³-hybridized carbons (Fsp3) is 0.278. The predicted molar refractivity (Wildman–Crippen MR) is 84.7 cm³/mol. The summed E-state index contributed by atoms with van der Waals surface area (Å²) in [5.41, 5.74) is 1.84. The summed E-state index contributed by atoms with van der Waals surface area (Å²) in [5, 5.41) is 3.02. The summed E-state index contributed by atoms with van der Waals surface area (Å²) in [4.78, 5) is 12.2. The quantitative estimate of drug-likeness (QED) is 0.882. The van der Waals surface area contributed by atoms with Crippen LogP contribution in [0.25, 0.3) is 0 Å². The van der Waals surface area contributed by atoms with Crippen molar-refractivity contribution in [3.05, 3.63) is 65.7 Å². The van der Waals surface area contributed by atoms with E-state index < -0.39 is 0 Å². The minimum absolute atomic E-state index is 0.0695. The molecule has 3 nitrogen and oxygen atoms in total. The number of carbonyl (C=O) groups excluding carboxylic acids is 1. The molecule has 21 heavy (non-hydrogen) atoms. The Morgan fingerprint density at radius 3 is 2.62 bits per heavy atom. The summed E-state index contributed by atoms with van der Waals surface area (Å²) >= 11 is 0. The number of carbonyl (C=O) groups is 1. The van der Waals surface area contributed by atoms with Gasteiger partial charge in [0, 0.05) is 11.6 Å². The first-order valence-electron chi connectivity index (χ1n) is 7.26. The van der Waals surface area contributed by atoms with Gasteiger partial charge in [-0.25, -0.2) is 0 Å². The van der Waals surface area contributed by atoms with Crippen LogP contribution in [0.15, 0.2) is 54.6 Å². The van der Waals surface area contributed by atoms with Gasteiger partial charge in [0.1, 0.15) is 5.75 Å². The summed E-state index contributed by atoms with van der Waals surface area (Å²) in [5.74, 6) is 0.654. The Morgan fingerprint density at radius 2 is 1.90 bits per heavy atom. The van der Waals surface area contributed by atoms with Crippen molar-refractivity contribution in [1.29, 1.82) is 0 Å². The van der Waals surface area contributed by atoms with Gasteiger partial charge in [-0.05, 0) is 44.0 Å². The summed E-state index contributed by atoms with van der Waals surface area (Å²) in [6, 6.07) is 17.5. The smallest absolute Gasteiger partial charge is 0.251 e. The molecular weight excluding hydrogens is 262 g/mol. The Balaban J connectivity index is 1.96. The van der Waals surface area contributed by atoms with Gasteiger partial charge in [-0.3, -0.25) is 4.79 Å². The van der Waals surface area contributed by atoms with E-state index in [0.717, 1.165) is 12.2 Å². The molecule has 1 atom stereocenters. The molecule has 0 saturated heterocycles. The molecule has 110 valence electrons. The highest BCUT2D eigenvalue weighted by molar-refractivity contribution is 5.94. The summed E-state index contributed by atoms with van der Waals surface area (Å²) < 4.78 is 5.42. The number of hydrogen-bond acceptors (Lipinski definition) is 2. The summed E-state index contributed by atoms with van der Waals surface area (Å²) in [6.45, 7) is 4.53. The number of nitrogens with one attached hydrogen (secondary N) is 1. The molecular formula is C18H21NO2. The van der Waals surface area contributed by atoms with Crippen molar-refractivity contribution >= 4 is 5.91 Å². The van der Waals surface area contributed by atoms with Crippen molar-refractivity contribution < 1.29 is 9.53 Å². The number of benzene rings is 2. The van der Waals surface area contributed by atoms with Crippen molar-refractivity contribution in [2.24, 2.45) is 0 Å². The molecule has 0 aliphatic heterocycles. The Labute approximate surface area is 126 Å². The Bertz CT molecular complexity index is 581. The number of amides is 1. The fourth-order valence-electron chi connectivity index (χ4n) is 2.22. The van der Waals surface area contributed by atoms with Crippen molar-refractivity contribution in [3.8, 4) is 5.75 Å². The van der Waals surface area contributed by atoms with Gasteiger partial charge >= 0.3 is 0 Å². The van der Waals surface area contributed by atoms with Crippen molar-refractivity contribution in [2.45, 2.75) is 26.3 Å². The molecule has 0 aliphatic carbocycles. The van der Waals surface area contributed by atoms with Crippen LogP contribution >= 0.6 is 0 Å². The lowest BCUT2D eigenvalue weighted by Gasteiger charge is -2.14. The average molecular weight is 283 g/mol. The topological polar surface area (TPSA) is 38.3 Å². The third-order valence-corrected chi connectivity index (χ3v) is 3.17. The third-order valence-electron chi connectivity index (χ3n) is 3.17. The maximum atomic E-state index is 12.2. The largest absolute Gasteiger partial charge is 0.494 e. The van der Waals surface area contributed by atoms with Crippen LogP contribution in [0.2, 0.25) is 0 Å². The molecule has 0 heterocycles. The minimum atomic E-state index is -0.0695. The molecule has 0 saturated carbocycles. The van der Waals surface area contributed by atoms with E-state index in [1.807, 2.05) is 44.2 Å². The van der Waals surface area contributed by atoms with Crippen LogP contribution in [-0.4, -0.2) is 18.6 Å². The Hall–Kier alpha value is -2.29. The predicted octanol–water partition coefficient (Wildman–Crippen LogP) is 3.45. The van der Waals surface area contributed by atoms with Crippen molar-refractivity contribution in [1.82, 2.24) is 5.32 Å². The normalized spacial score (nSPS) is 11.7. The maximum absolute atomic E-state index is 12.2. The number of rotatable bonds is 6. The molecule has 0 bridgehead atoms. The first-order chi connectivity index (χ1) is 10.2. The molecule has 3 heteroatoms. The third kappa shape index (κ3) is 4.63. The lowest BCUT2D eigenvalue weighted by molar-refractivity contribution is 0.0939. The zero-order valence-corrected chi connectivity index (χ0v) is 12.5. The van der Waals surface area contributed by atoms with E-state index in [0.29, 0.717) is 12.2 Å². The molecule has 0 spiro atoms. The molecule has 2 aromatic carbocycles. The van der Waals surface area contributed by atoms with E-state index in [1.165, 1.54) is 5.56 Å². The van der Waals surface area contributed by atoms with Gasteiger partial charge in [-0.15, -0.1) is 0 Å². The minimum Gasteiger partial charge on any atom is -0.494 e. The average Bonchev–Trinajstić information content (AvgIpc) is 2.48. The molecule has 0 aliphatic rings. The van der Waals surface area contributed by atoms with Gasteiger partial charge in [0.15, 0.2) is 0 Å². The fourth-order valence-corrected chi connectivity index (χ4v) is 2.22. The second-order valence-corrected chi connectivity index (χ2v) is 5.03. The first-order valence-corrected chi connectivity index (χ1v) is 7.26. The first kappa shape index (κ1) is 15.1. The van der Waals surface area contributed by atoms with E-state index in [-0.39, 0.29) is 11.9 Å². The highest BCUT2D eigenvalue weighted by Crippen LogP contribution is 2.13. The lowest BCUT2D eigenvalue weighted by Crippen LogP contribution is -2.34. The highest BCUT2D eigenvalue weighted by atomic mass is 16.5. The van der Waals surface area contributed by atoms with E-state index in [9.17, 15) is 4.79 Å². The van der Waals surface area contributed by atoms with Gasteiger partial charge < -0.3 is 10.1 Å². The number of hydrogen-bond donors (Lipinski definition) is 1. The summed E-state index contributed by atoms with van der Waals surface area (Å²) in [6.07, 6.45) is 0.817. The summed E-state index contributed by atoms with van der Waals surface area (Å²) in [7, 11) is 0. The van der Waals surface area contributed by atoms with Crippen molar-refractivity contribution in [3.63, 3.8) is 0 Å². The number of ether oxygens (including phenoxy) is 1. The van der Waals surface area contributed by atoms with Gasteiger partial charge in [-0.2, -0.15) is 0 Å². The lowest BCUT2D eigenvalue weighted by atomic mass is 10.1. The highest BCUT2D eigenvalue weighted by Gasteiger charge is 2.11. The molecule has 2 aromatic rings.